The van der Waals surface area contributed by atoms with Gasteiger partial charge < -0.3 is 4.98 Å². The van der Waals surface area contributed by atoms with E-state index < -0.39 is 10.4 Å². The van der Waals surface area contributed by atoms with Gasteiger partial charge in [-0.1, -0.05) is 37.3 Å². The zero-order chi connectivity index (χ0) is 15.0. The van der Waals surface area contributed by atoms with Gasteiger partial charge in [-0.25, -0.2) is 4.98 Å². The number of H-pyrrole nitrogens is 1. The maximum absolute atomic E-state index is 8.74. The zero-order valence-corrected chi connectivity index (χ0v) is 11.9. The van der Waals surface area contributed by atoms with Gasteiger partial charge in [0.15, 0.2) is 0 Å². The summed E-state index contributed by atoms with van der Waals surface area (Å²) in [5.74, 6) is 1.59. The summed E-state index contributed by atoms with van der Waals surface area (Å²) in [6.07, 6.45) is 5.95. The average Bonchev–Trinajstić information content (AvgIpc) is 2.89. The molecular weight excluding hydrogens is 280 g/mol. The third kappa shape index (κ3) is 7.67. The minimum absolute atomic E-state index is 0.500. The maximum Gasteiger partial charge on any atom is 0.394 e. The molecule has 0 spiro atoms. The third-order valence-electron chi connectivity index (χ3n) is 2.70. The summed E-state index contributed by atoms with van der Waals surface area (Å²) in [5, 5.41) is 0. The topological polar surface area (TPSA) is 103 Å². The van der Waals surface area contributed by atoms with E-state index in [0.717, 1.165) is 18.7 Å². The van der Waals surface area contributed by atoms with Gasteiger partial charge in [0.1, 0.15) is 5.82 Å². The number of benzene rings is 1. The monoisotopic (exact) mass is 298 g/mol. The number of hydrogen-bond acceptors (Lipinski definition) is 3. The Labute approximate surface area is 118 Å². The van der Waals surface area contributed by atoms with Gasteiger partial charge in [0.05, 0.1) is 0 Å². The number of aromatic amines is 1. The molecule has 0 saturated carbocycles. The fourth-order valence-corrected chi connectivity index (χ4v) is 1.71. The Hall–Kier alpha value is -1.70. The summed E-state index contributed by atoms with van der Waals surface area (Å²) in [6, 6.07) is 10.6. The predicted octanol–water partition coefficient (Wildman–Crippen LogP) is 2.49. The van der Waals surface area contributed by atoms with Gasteiger partial charge in [-0.15, -0.1) is 0 Å². The van der Waals surface area contributed by atoms with Crippen molar-refractivity contribution in [1.82, 2.24) is 9.97 Å². The van der Waals surface area contributed by atoms with Gasteiger partial charge in [-0.05, 0) is 18.4 Å². The number of nitrogens with zero attached hydrogens (tertiary/aromatic N) is 1. The lowest BCUT2D eigenvalue weighted by Gasteiger charge is -2.07. The molecule has 0 aliphatic carbocycles. The highest BCUT2D eigenvalue weighted by Gasteiger charge is 2.07. The second-order valence-corrected chi connectivity index (χ2v) is 5.24. The Morgan fingerprint density at radius 3 is 2.35 bits per heavy atom. The molecular formula is C13H18N2O4S. The van der Waals surface area contributed by atoms with Crippen molar-refractivity contribution in [3.05, 3.63) is 54.1 Å². The van der Waals surface area contributed by atoms with Crippen LogP contribution in [0.5, 0.6) is 0 Å². The summed E-state index contributed by atoms with van der Waals surface area (Å²) >= 11 is 0. The number of aromatic nitrogens is 2. The molecule has 1 atom stereocenters. The van der Waals surface area contributed by atoms with E-state index in [1.807, 2.05) is 12.4 Å². The maximum atomic E-state index is 8.74. The quantitative estimate of drug-likeness (QED) is 0.752. The SMILES string of the molecule is CC(CCc1ccccc1)c1ncc[nH]1.O=S(=O)(O)O. The standard InChI is InChI=1S/C13H16N2.H2O4S/c1-11(13-14-9-10-15-13)7-8-12-5-3-2-4-6-12;1-5(2,3)4/h2-6,9-11H,7-8H2,1H3,(H,14,15);(H2,1,2,3,4). The molecule has 0 amide bonds. The third-order valence-corrected chi connectivity index (χ3v) is 2.70. The van der Waals surface area contributed by atoms with Gasteiger partial charge in [-0.2, -0.15) is 8.42 Å². The lowest BCUT2D eigenvalue weighted by Crippen LogP contribution is -1.98. The molecule has 0 saturated heterocycles. The van der Waals surface area contributed by atoms with Crippen molar-refractivity contribution in [3.8, 4) is 0 Å². The molecule has 110 valence electrons. The molecule has 1 unspecified atom stereocenters. The summed E-state index contributed by atoms with van der Waals surface area (Å²) in [4.78, 5) is 7.43. The van der Waals surface area contributed by atoms with E-state index in [0.29, 0.717) is 5.92 Å². The first-order chi connectivity index (χ1) is 9.36. The Balaban J connectivity index is 0.000000347. The first kappa shape index (κ1) is 16.4. The highest BCUT2D eigenvalue weighted by Crippen LogP contribution is 2.17. The number of aryl methyl sites for hydroxylation is 1. The van der Waals surface area contributed by atoms with E-state index >= 15 is 0 Å². The summed E-state index contributed by atoms with van der Waals surface area (Å²) < 4.78 is 31.6. The van der Waals surface area contributed by atoms with Gasteiger partial charge in [-0.3, -0.25) is 9.11 Å². The van der Waals surface area contributed by atoms with Crippen LogP contribution in [-0.2, 0) is 16.8 Å². The van der Waals surface area contributed by atoms with Crippen LogP contribution in [0.4, 0.5) is 0 Å². The summed E-state index contributed by atoms with van der Waals surface area (Å²) in [7, 11) is -4.67. The van der Waals surface area contributed by atoms with Crippen molar-refractivity contribution < 1.29 is 17.5 Å². The van der Waals surface area contributed by atoms with Crippen LogP contribution < -0.4 is 0 Å². The first-order valence-electron chi connectivity index (χ1n) is 6.09. The summed E-state index contributed by atoms with van der Waals surface area (Å²) in [6.45, 7) is 2.21. The van der Waals surface area contributed by atoms with Crippen molar-refractivity contribution in [3.63, 3.8) is 0 Å². The molecule has 3 N–H and O–H groups in total. The molecule has 0 bridgehead atoms. The fourth-order valence-electron chi connectivity index (χ4n) is 1.71. The first-order valence-corrected chi connectivity index (χ1v) is 7.49. The van der Waals surface area contributed by atoms with Crippen LogP contribution in [0.25, 0.3) is 0 Å². The van der Waals surface area contributed by atoms with Crippen LogP contribution in [-0.4, -0.2) is 27.5 Å². The van der Waals surface area contributed by atoms with Crippen molar-refractivity contribution in [2.24, 2.45) is 0 Å². The van der Waals surface area contributed by atoms with Crippen molar-refractivity contribution >= 4 is 10.4 Å². The smallest absolute Gasteiger partial charge is 0.348 e. The van der Waals surface area contributed by atoms with E-state index in [9.17, 15) is 0 Å². The number of nitrogens with one attached hydrogen (secondary N) is 1. The average molecular weight is 298 g/mol. The molecule has 20 heavy (non-hydrogen) atoms. The molecule has 0 radical (unpaired) electrons. The molecule has 1 aromatic heterocycles. The zero-order valence-electron chi connectivity index (χ0n) is 11.1. The molecule has 1 heterocycles. The minimum atomic E-state index is -4.67. The Morgan fingerprint density at radius 2 is 1.85 bits per heavy atom. The van der Waals surface area contributed by atoms with Crippen LogP contribution in [0.3, 0.4) is 0 Å². The Kier molecular flexibility index (Phi) is 6.37. The van der Waals surface area contributed by atoms with Gasteiger partial charge in [0, 0.05) is 18.3 Å². The highest BCUT2D eigenvalue weighted by atomic mass is 32.3. The summed E-state index contributed by atoms with van der Waals surface area (Å²) in [5.41, 5.74) is 1.40. The van der Waals surface area contributed by atoms with Gasteiger partial charge in [0.25, 0.3) is 0 Å². The lowest BCUT2D eigenvalue weighted by atomic mass is 10.0. The van der Waals surface area contributed by atoms with Gasteiger partial charge in [0.2, 0.25) is 0 Å². The largest absolute Gasteiger partial charge is 0.394 e. The lowest BCUT2D eigenvalue weighted by molar-refractivity contribution is 0.381. The van der Waals surface area contributed by atoms with E-state index in [1.165, 1.54) is 5.56 Å². The second-order valence-electron chi connectivity index (χ2n) is 4.35. The van der Waals surface area contributed by atoms with Crippen LogP contribution >= 0.6 is 0 Å². The highest BCUT2D eigenvalue weighted by molar-refractivity contribution is 7.79. The van der Waals surface area contributed by atoms with Crippen molar-refractivity contribution in [2.75, 3.05) is 0 Å². The molecule has 1 aromatic carbocycles. The van der Waals surface area contributed by atoms with Gasteiger partial charge >= 0.3 is 10.4 Å². The molecule has 0 aliphatic heterocycles. The molecule has 0 fully saturated rings. The van der Waals surface area contributed by atoms with Crippen molar-refractivity contribution in [1.29, 1.82) is 0 Å². The van der Waals surface area contributed by atoms with Crippen molar-refractivity contribution in [2.45, 2.75) is 25.7 Å². The number of hydrogen-bond donors (Lipinski definition) is 3. The molecule has 6 nitrogen and oxygen atoms in total. The van der Waals surface area contributed by atoms with Crippen LogP contribution in [0.1, 0.15) is 30.7 Å². The number of rotatable bonds is 4. The Bertz CT molecular complexity index is 574. The molecule has 2 aromatic rings. The van der Waals surface area contributed by atoms with E-state index in [2.05, 4.69) is 47.2 Å². The molecule has 2 rings (SSSR count). The Morgan fingerprint density at radius 1 is 1.25 bits per heavy atom. The fraction of sp³-hybridized carbons (Fsp3) is 0.308. The molecule has 7 heteroatoms. The minimum Gasteiger partial charge on any atom is -0.348 e. The van der Waals surface area contributed by atoms with Crippen LogP contribution in [0.2, 0.25) is 0 Å². The molecule has 0 aliphatic rings. The van der Waals surface area contributed by atoms with Crippen LogP contribution in [0.15, 0.2) is 42.7 Å². The van der Waals surface area contributed by atoms with E-state index in [-0.39, 0.29) is 0 Å². The normalized spacial score (nSPS) is 12.3. The van der Waals surface area contributed by atoms with Crippen LogP contribution in [0, 0.1) is 0 Å². The second kappa shape index (κ2) is 7.78. The van der Waals surface area contributed by atoms with E-state index in [4.69, 9.17) is 17.5 Å². The number of imidazole rings is 1. The predicted molar refractivity (Wildman–Crippen MR) is 75.9 cm³/mol. The van der Waals surface area contributed by atoms with E-state index in [1.54, 1.807) is 0 Å².